The van der Waals surface area contributed by atoms with E-state index in [4.69, 9.17) is 20.9 Å². The van der Waals surface area contributed by atoms with Crippen molar-refractivity contribution in [3.8, 4) is 23.0 Å². The van der Waals surface area contributed by atoms with Crippen LogP contribution in [0.5, 0.6) is 23.0 Å². The van der Waals surface area contributed by atoms with E-state index in [0.29, 0.717) is 11.4 Å². The van der Waals surface area contributed by atoms with Gasteiger partial charge in [-0.3, -0.25) is 0 Å². The quantitative estimate of drug-likeness (QED) is 0.285. The fourth-order valence-corrected chi connectivity index (χ4v) is 2.83. The van der Waals surface area contributed by atoms with Crippen molar-refractivity contribution >= 4 is 23.5 Å². The Labute approximate surface area is 176 Å². The molecule has 0 atom stereocenters. The van der Waals surface area contributed by atoms with E-state index >= 15 is 0 Å². The number of ether oxygens (including phenoxy) is 2. The van der Waals surface area contributed by atoms with Gasteiger partial charge < -0.3 is 20.9 Å². The SMILES string of the molecule is Nc1ccc(Oc2ccc(/C=C/c3ccc(Oc4ccc(N)cc4)cc3)cc2)cc1. The Balaban J connectivity index is 1.36. The van der Waals surface area contributed by atoms with Crippen LogP contribution in [0.2, 0.25) is 0 Å². The largest absolute Gasteiger partial charge is 0.457 e. The van der Waals surface area contributed by atoms with Gasteiger partial charge in [-0.1, -0.05) is 36.4 Å². The minimum absolute atomic E-state index is 0.715. The first-order valence-electron chi connectivity index (χ1n) is 9.59. The topological polar surface area (TPSA) is 70.5 Å². The van der Waals surface area contributed by atoms with E-state index in [9.17, 15) is 0 Å². The summed E-state index contributed by atoms with van der Waals surface area (Å²) in [7, 11) is 0. The van der Waals surface area contributed by atoms with Crippen molar-refractivity contribution in [2.24, 2.45) is 0 Å². The Bertz CT molecular complexity index is 1020. The van der Waals surface area contributed by atoms with Gasteiger partial charge in [0.1, 0.15) is 23.0 Å². The average Bonchev–Trinajstić information content (AvgIpc) is 2.77. The van der Waals surface area contributed by atoms with Gasteiger partial charge in [0.2, 0.25) is 0 Å². The molecule has 30 heavy (non-hydrogen) atoms. The number of rotatable bonds is 6. The molecular weight excluding hydrogens is 372 g/mol. The lowest BCUT2D eigenvalue weighted by Crippen LogP contribution is -1.87. The van der Waals surface area contributed by atoms with Crippen LogP contribution in [0.15, 0.2) is 97.1 Å². The van der Waals surface area contributed by atoms with Crippen molar-refractivity contribution < 1.29 is 9.47 Å². The van der Waals surface area contributed by atoms with Crippen molar-refractivity contribution in [1.82, 2.24) is 0 Å². The van der Waals surface area contributed by atoms with E-state index in [2.05, 4.69) is 12.2 Å². The molecule has 0 radical (unpaired) electrons. The molecule has 0 aromatic heterocycles. The Morgan fingerprint density at radius 1 is 0.400 bits per heavy atom. The van der Waals surface area contributed by atoms with Crippen LogP contribution in [0.3, 0.4) is 0 Å². The molecule has 0 aliphatic heterocycles. The second-order valence-corrected chi connectivity index (χ2v) is 6.81. The van der Waals surface area contributed by atoms with Crippen LogP contribution in [-0.4, -0.2) is 0 Å². The molecule has 0 spiro atoms. The van der Waals surface area contributed by atoms with E-state index < -0.39 is 0 Å². The predicted molar refractivity (Wildman–Crippen MR) is 124 cm³/mol. The van der Waals surface area contributed by atoms with Crippen LogP contribution in [0.4, 0.5) is 11.4 Å². The molecule has 4 N–H and O–H groups in total. The standard InChI is InChI=1S/C26H22N2O2/c27-21-7-15-25(16-8-21)29-23-11-3-19(4-12-23)1-2-20-5-13-24(14-6-20)30-26-17-9-22(28)10-18-26/h1-18H,27-28H2/b2-1+. The first-order valence-corrected chi connectivity index (χ1v) is 9.59. The van der Waals surface area contributed by atoms with Gasteiger partial charge >= 0.3 is 0 Å². The number of hydrogen-bond acceptors (Lipinski definition) is 4. The van der Waals surface area contributed by atoms with Gasteiger partial charge in [-0.05, 0) is 83.9 Å². The molecule has 0 saturated heterocycles. The zero-order valence-electron chi connectivity index (χ0n) is 16.4. The monoisotopic (exact) mass is 394 g/mol. The first-order chi connectivity index (χ1) is 14.6. The fraction of sp³-hybridized carbons (Fsp3) is 0. The highest BCUT2D eigenvalue weighted by Gasteiger charge is 1.99. The van der Waals surface area contributed by atoms with Crippen LogP contribution in [0.25, 0.3) is 12.2 Å². The van der Waals surface area contributed by atoms with E-state index in [1.54, 1.807) is 0 Å². The van der Waals surface area contributed by atoms with Gasteiger partial charge in [0.05, 0.1) is 0 Å². The van der Waals surface area contributed by atoms with Crippen LogP contribution in [0.1, 0.15) is 11.1 Å². The average molecular weight is 394 g/mol. The smallest absolute Gasteiger partial charge is 0.127 e. The molecule has 0 bridgehead atoms. The maximum Gasteiger partial charge on any atom is 0.127 e. The van der Waals surface area contributed by atoms with Gasteiger partial charge in [0, 0.05) is 11.4 Å². The molecule has 0 fully saturated rings. The zero-order valence-corrected chi connectivity index (χ0v) is 16.4. The summed E-state index contributed by atoms with van der Waals surface area (Å²) in [4.78, 5) is 0. The van der Waals surface area contributed by atoms with Gasteiger partial charge in [-0.15, -0.1) is 0 Å². The lowest BCUT2D eigenvalue weighted by molar-refractivity contribution is 0.482. The molecule has 0 aliphatic rings. The van der Waals surface area contributed by atoms with Gasteiger partial charge in [0.25, 0.3) is 0 Å². The molecule has 0 unspecified atom stereocenters. The lowest BCUT2D eigenvalue weighted by atomic mass is 10.1. The highest BCUT2D eigenvalue weighted by atomic mass is 16.5. The van der Waals surface area contributed by atoms with Crippen LogP contribution in [0, 0.1) is 0 Å². The van der Waals surface area contributed by atoms with Gasteiger partial charge in [0.15, 0.2) is 0 Å². The third-order valence-corrected chi connectivity index (χ3v) is 4.46. The molecule has 0 aliphatic carbocycles. The number of nitrogens with two attached hydrogens (primary N) is 2. The van der Waals surface area contributed by atoms with Crippen LogP contribution >= 0.6 is 0 Å². The van der Waals surface area contributed by atoms with Crippen LogP contribution < -0.4 is 20.9 Å². The summed E-state index contributed by atoms with van der Waals surface area (Å²) in [6, 6.07) is 30.5. The third kappa shape index (κ3) is 5.20. The number of anilines is 2. The number of hydrogen-bond donors (Lipinski definition) is 2. The summed E-state index contributed by atoms with van der Waals surface area (Å²) in [5.74, 6) is 3.07. The van der Waals surface area contributed by atoms with E-state index in [-0.39, 0.29) is 0 Å². The normalized spacial score (nSPS) is 10.8. The maximum absolute atomic E-state index is 5.82. The predicted octanol–water partition coefficient (Wildman–Crippen LogP) is 6.61. The van der Waals surface area contributed by atoms with Crippen molar-refractivity contribution in [3.63, 3.8) is 0 Å². The number of nitrogen functional groups attached to an aromatic ring is 2. The molecule has 4 heteroatoms. The van der Waals surface area contributed by atoms with Crippen molar-refractivity contribution in [1.29, 1.82) is 0 Å². The van der Waals surface area contributed by atoms with Crippen LogP contribution in [-0.2, 0) is 0 Å². The molecule has 0 saturated carbocycles. The summed E-state index contributed by atoms with van der Waals surface area (Å²) in [6.07, 6.45) is 4.12. The molecule has 4 nitrogen and oxygen atoms in total. The first kappa shape index (κ1) is 19.2. The molecule has 4 rings (SSSR count). The maximum atomic E-state index is 5.82. The molecule has 0 amide bonds. The Morgan fingerprint density at radius 2 is 0.667 bits per heavy atom. The second kappa shape index (κ2) is 8.88. The van der Waals surface area contributed by atoms with Crippen molar-refractivity contribution in [2.45, 2.75) is 0 Å². The molecule has 4 aromatic carbocycles. The summed E-state index contributed by atoms with van der Waals surface area (Å²) in [6.45, 7) is 0. The summed E-state index contributed by atoms with van der Waals surface area (Å²) in [5, 5.41) is 0. The third-order valence-electron chi connectivity index (χ3n) is 4.46. The van der Waals surface area contributed by atoms with E-state index in [1.807, 2.05) is 97.1 Å². The Kier molecular flexibility index (Phi) is 5.67. The fourth-order valence-electron chi connectivity index (χ4n) is 2.83. The summed E-state index contributed by atoms with van der Waals surface area (Å²) >= 11 is 0. The summed E-state index contributed by atoms with van der Waals surface area (Å²) < 4.78 is 11.6. The van der Waals surface area contributed by atoms with Crippen molar-refractivity contribution in [2.75, 3.05) is 11.5 Å². The van der Waals surface area contributed by atoms with E-state index in [1.165, 1.54) is 0 Å². The molecular formula is C26H22N2O2. The Morgan fingerprint density at radius 3 is 0.967 bits per heavy atom. The zero-order chi connectivity index (χ0) is 20.8. The molecule has 4 aromatic rings. The number of benzene rings is 4. The van der Waals surface area contributed by atoms with E-state index in [0.717, 1.165) is 34.1 Å². The Hall–Kier alpha value is -4.18. The summed E-state index contributed by atoms with van der Waals surface area (Å²) in [5.41, 5.74) is 15.0. The van der Waals surface area contributed by atoms with Crippen molar-refractivity contribution in [3.05, 3.63) is 108 Å². The van der Waals surface area contributed by atoms with Gasteiger partial charge in [-0.2, -0.15) is 0 Å². The second-order valence-electron chi connectivity index (χ2n) is 6.81. The highest BCUT2D eigenvalue weighted by Crippen LogP contribution is 2.24. The van der Waals surface area contributed by atoms with Gasteiger partial charge in [-0.25, -0.2) is 0 Å². The highest BCUT2D eigenvalue weighted by molar-refractivity contribution is 5.70. The molecule has 148 valence electrons. The lowest BCUT2D eigenvalue weighted by Gasteiger charge is -2.06. The minimum Gasteiger partial charge on any atom is -0.457 e. The molecule has 0 heterocycles. The minimum atomic E-state index is 0.715.